The molecular weight excluding hydrogens is 1220 g/mol. The van der Waals surface area contributed by atoms with Crippen LogP contribution in [0.3, 0.4) is 0 Å². The van der Waals surface area contributed by atoms with Gasteiger partial charge in [0, 0.05) is 56.3 Å². The third-order valence-corrected chi connectivity index (χ3v) is 21.9. The van der Waals surface area contributed by atoms with Gasteiger partial charge in [-0.3, -0.25) is 9.59 Å². The number of aliphatic hydroxyl groups excluding tert-OH is 5. The van der Waals surface area contributed by atoms with Gasteiger partial charge in [0.2, 0.25) is 5.78 Å². The lowest BCUT2D eigenvalue weighted by atomic mass is 9.49. The Labute approximate surface area is 543 Å². The highest BCUT2D eigenvalue weighted by Crippen LogP contribution is 2.61. The minimum absolute atomic E-state index is 0.114. The topological polar surface area (TPSA) is 349 Å². The Bertz CT molecular complexity index is 2870. The number of hydrogen-bond acceptors (Lipinski definition) is 24. The molecule has 30 atom stereocenters. The third kappa shape index (κ3) is 14.2. The predicted octanol–water partition coefficient (Wildman–Crippen LogP) is 4.65. The van der Waals surface area contributed by atoms with Gasteiger partial charge in [0.05, 0.1) is 93.2 Å². The number of carbonyl (C=O) groups is 4. The van der Waals surface area contributed by atoms with Crippen molar-refractivity contribution in [2.45, 2.75) is 281 Å². The van der Waals surface area contributed by atoms with E-state index in [1.807, 2.05) is 39.8 Å². The van der Waals surface area contributed by atoms with Gasteiger partial charge in [-0.15, -0.1) is 0 Å². The van der Waals surface area contributed by atoms with Crippen LogP contribution in [-0.2, 0) is 76.0 Å². The molecule has 0 aromatic heterocycles. The van der Waals surface area contributed by atoms with Gasteiger partial charge in [-0.25, -0.2) is 20.0 Å². The van der Waals surface area contributed by atoms with Crippen molar-refractivity contribution in [3.05, 3.63) is 63.6 Å². The number of allylic oxidation sites excluding steroid dienone is 3. The Balaban J connectivity index is 0.903. The van der Waals surface area contributed by atoms with E-state index in [0.29, 0.717) is 37.7 Å². The average Bonchev–Trinajstić information content (AvgIpc) is 1.68. The van der Waals surface area contributed by atoms with Gasteiger partial charge in [-0.1, -0.05) is 56.7 Å². The van der Waals surface area contributed by atoms with Gasteiger partial charge in [0.15, 0.2) is 48.7 Å². The molecule has 7 fully saturated rings. The molecule has 10 rings (SSSR count). The second kappa shape index (κ2) is 28.6. The van der Waals surface area contributed by atoms with E-state index in [-0.39, 0.29) is 49.5 Å². The fraction of sp³-hybridized carbons (Fsp3) is 0.791. The molecule has 93 heavy (non-hydrogen) atoms. The molecular formula is C67H100N2O24. The molecule has 8 N–H and O–H groups in total. The van der Waals surface area contributed by atoms with Crippen molar-refractivity contribution in [2.24, 2.45) is 40.9 Å². The highest BCUT2D eigenvalue weighted by molar-refractivity contribution is 6.26. The molecule has 10 aliphatic rings. The lowest BCUT2D eigenvalue weighted by molar-refractivity contribution is -1.09. The maximum atomic E-state index is 15.6. The largest absolute Gasteiger partial charge is 0.600 e. The minimum Gasteiger partial charge on any atom is -0.600 e. The highest BCUT2D eigenvalue weighted by atomic mass is 16.8. The van der Waals surface area contributed by atoms with Crippen LogP contribution in [-0.4, -0.2) is 202 Å². The summed E-state index contributed by atoms with van der Waals surface area (Å²) in [6, 6.07) is -1.02. The fourth-order valence-corrected chi connectivity index (χ4v) is 17.0. The molecule has 4 aliphatic carbocycles. The van der Waals surface area contributed by atoms with Crippen LogP contribution in [0.4, 0.5) is 4.79 Å². The van der Waals surface area contributed by atoms with Crippen LogP contribution in [0.15, 0.2) is 58.4 Å². The Morgan fingerprint density at radius 2 is 1.35 bits per heavy atom. The molecule has 522 valence electrons. The second-order valence-electron chi connectivity index (χ2n) is 28.4. The number of esters is 2. The number of methoxy groups -OCH3 is 1. The number of amides is 1. The average molecular weight is 1320 g/mol. The van der Waals surface area contributed by atoms with Crippen molar-refractivity contribution < 1.29 is 117 Å². The Morgan fingerprint density at radius 1 is 0.720 bits per heavy atom. The molecule has 0 radical (unpaired) electrons. The molecule has 6 heterocycles. The van der Waals surface area contributed by atoms with Gasteiger partial charge < -0.3 is 97.6 Å². The summed E-state index contributed by atoms with van der Waals surface area (Å²) in [4.78, 5) is 55.6. The van der Waals surface area contributed by atoms with E-state index in [0.717, 1.165) is 5.57 Å². The number of Topliss-reactive ketones (excluding diaryl/α,β-unsaturated/α-hetero) is 1. The van der Waals surface area contributed by atoms with E-state index in [2.05, 4.69) is 25.2 Å². The molecule has 0 aromatic rings. The standard InChI is InChI=1S/C67H100N2O24/c1-30-14-18-47(88-54-28-65(11,69(79)80)60(38(9)86-54)68-64(78)81-13)31(2)23-43-45(73)24-40(29-70)27-67(43)62(76)55(63(77)93-67)61(75)66(12)42(30)16-15-41-56(66)32(3)22-33(4)57(41)92-53-26-49(59(37(8)85-53)87-39(10)71)90-50-21-19-48(35(6)83-50)89-52-25-46(74)58(36(7)84-52)91-51-20-17-44(72)34(5)82-51/h14-16,23-24,32-38,41-54,56-60,69-70,72-75,79H,17-22,25-29H2,1-13H3,(H,68,78). The predicted molar refractivity (Wildman–Crippen MR) is 325 cm³/mol. The lowest BCUT2D eigenvalue weighted by Gasteiger charge is -2.56. The van der Waals surface area contributed by atoms with Crippen molar-refractivity contribution in [2.75, 3.05) is 13.7 Å². The van der Waals surface area contributed by atoms with Crippen molar-refractivity contribution in [3.8, 4) is 0 Å². The van der Waals surface area contributed by atoms with Gasteiger partial charge >= 0.3 is 18.0 Å². The normalized spacial score (nSPS) is 46.7. The van der Waals surface area contributed by atoms with E-state index >= 15 is 4.79 Å². The Morgan fingerprint density at radius 3 is 2.01 bits per heavy atom. The number of hydrogen-bond donors (Lipinski definition) is 8. The number of carbonyl (C=O) groups excluding carboxylic acids is 4. The van der Waals surface area contributed by atoms with Crippen LogP contribution in [0.5, 0.6) is 0 Å². The van der Waals surface area contributed by atoms with Crippen molar-refractivity contribution in [1.82, 2.24) is 5.32 Å². The quantitative estimate of drug-likeness (QED) is 0.0386. The van der Waals surface area contributed by atoms with Crippen molar-refractivity contribution >= 4 is 23.8 Å². The number of hydroxylamine groups is 2. The first kappa shape index (κ1) is 71.5. The smallest absolute Gasteiger partial charge is 0.407 e. The van der Waals surface area contributed by atoms with Gasteiger partial charge in [-0.2, -0.15) is 0 Å². The fourth-order valence-electron chi connectivity index (χ4n) is 17.0. The van der Waals surface area contributed by atoms with Gasteiger partial charge in [0.1, 0.15) is 29.6 Å². The summed E-state index contributed by atoms with van der Waals surface area (Å²) in [5, 5.41) is 82.4. The summed E-state index contributed by atoms with van der Waals surface area (Å²) in [5.41, 5.74) is -4.23. The number of aliphatic hydroxyl groups is 5. The van der Waals surface area contributed by atoms with E-state index in [1.165, 1.54) is 27.0 Å². The van der Waals surface area contributed by atoms with Gasteiger partial charge in [0.25, 0.3) is 0 Å². The first-order valence-corrected chi connectivity index (χ1v) is 33.3. The number of ether oxygens (including phenoxy) is 13. The van der Waals surface area contributed by atoms with Crippen LogP contribution < -0.4 is 10.5 Å². The maximum absolute atomic E-state index is 15.6. The number of ketones is 1. The molecule has 30 unspecified atom stereocenters. The van der Waals surface area contributed by atoms with Crippen LogP contribution in [0.25, 0.3) is 0 Å². The Hall–Kier alpha value is -4.30. The minimum atomic E-state index is -2.12. The number of fused-ring (bicyclic) bond motifs is 4. The summed E-state index contributed by atoms with van der Waals surface area (Å²) in [5.74, 6) is -6.15. The maximum Gasteiger partial charge on any atom is 0.407 e. The molecule has 6 saturated heterocycles. The number of rotatable bonds is 14. The summed E-state index contributed by atoms with van der Waals surface area (Å²) in [6.45, 7) is 20.8. The van der Waals surface area contributed by atoms with E-state index in [9.17, 15) is 50.3 Å². The number of alkyl carbamates (subject to hydrolysis) is 1. The summed E-state index contributed by atoms with van der Waals surface area (Å²) < 4.78 is 81.8. The molecule has 1 amide bonds. The first-order valence-electron chi connectivity index (χ1n) is 33.3. The van der Waals surface area contributed by atoms with Crippen LogP contribution >= 0.6 is 0 Å². The highest BCUT2D eigenvalue weighted by Gasteiger charge is 2.65. The molecule has 26 heteroatoms. The van der Waals surface area contributed by atoms with E-state index in [4.69, 9.17) is 61.6 Å². The van der Waals surface area contributed by atoms with Crippen molar-refractivity contribution in [1.29, 1.82) is 0 Å². The molecule has 26 nitrogen and oxygen atoms in total. The third-order valence-electron chi connectivity index (χ3n) is 21.9. The molecule has 1 saturated carbocycles. The van der Waals surface area contributed by atoms with Crippen LogP contribution in [0, 0.1) is 46.1 Å². The van der Waals surface area contributed by atoms with Crippen molar-refractivity contribution in [3.63, 3.8) is 0 Å². The lowest BCUT2D eigenvalue weighted by Crippen LogP contribution is -3.17. The number of quaternary nitrogens is 1. The second-order valence-corrected chi connectivity index (χ2v) is 28.4. The first-order chi connectivity index (χ1) is 43.9. The van der Waals surface area contributed by atoms with Gasteiger partial charge in [-0.05, 0) is 110 Å². The van der Waals surface area contributed by atoms with E-state index in [1.54, 1.807) is 33.8 Å². The zero-order valence-electron chi connectivity index (χ0n) is 55.7. The zero-order chi connectivity index (χ0) is 67.5. The summed E-state index contributed by atoms with van der Waals surface area (Å²) in [7, 11) is 1.17. The summed E-state index contributed by atoms with van der Waals surface area (Å²) >= 11 is 0. The number of nitrogens with one attached hydrogen (secondary N) is 2. The van der Waals surface area contributed by atoms with Crippen LogP contribution in [0.1, 0.15) is 147 Å². The Kier molecular flexibility index (Phi) is 22.0. The molecule has 6 aliphatic heterocycles. The summed E-state index contributed by atoms with van der Waals surface area (Å²) in [6.07, 6.45) is -3.68. The SMILES string of the molecule is COC(=O)NC1C(C)OC(OC2CC=C(C)C3C=CC4C(OC5CC(OC6CCC(OC7CC(O)C(OC8CCC(O)C(C)O8)C(C)O7)C(C)O6)C(OC(C)=O)C(C)O5)C(C)CC(C)C4C3(C)C(O)=C3C(=O)OC4(CC(CO)=CC(O)C4C=C2C)C3=O)CC1(C)[NH+]([O-])O. The molecule has 1 spiro atoms. The molecule has 2 bridgehead atoms. The zero-order valence-corrected chi connectivity index (χ0v) is 55.7. The molecule has 0 aromatic carbocycles. The van der Waals surface area contributed by atoms with Crippen LogP contribution in [0.2, 0.25) is 0 Å². The monoisotopic (exact) mass is 1320 g/mol. The van der Waals surface area contributed by atoms with E-state index < -0.39 is 210 Å².